The second-order valence-corrected chi connectivity index (χ2v) is 7.11. The Bertz CT molecular complexity index is 256. The third-order valence-electron chi connectivity index (χ3n) is 4.22. The predicted octanol–water partition coefficient (Wildman–Crippen LogP) is 5.74. The highest BCUT2D eigenvalue weighted by Crippen LogP contribution is 2.26. The number of carbonyl (C=O) groups excluding carboxylic acids is 1. The van der Waals surface area contributed by atoms with Crippen molar-refractivity contribution < 1.29 is 9.53 Å². The average Bonchev–Trinajstić information content (AvgIpc) is 2.34. The van der Waals surface area contributed by atoms with Crippen molar-refractivity contribution in [2.24, 2.45) is 11.8 Å². The van der Waals surface area contributed by atoms with Gasteiger partial charge in [-0.25, -0.2) is 0 Å². The van der Waals surface area contributed by atoms with Gasteiger partial charge in [-0.15, -0.1) is 0 Å². The summed E-state index contributed by atoms with van der Waals surface area (Å²) in [7, 11) is 0. The lowest BCUT2D eigenvalue weighted by Gasteiger charge is -2.31. The summed E-state index contributed by atoms with van der Waals surface area (Å²) in [4.78, 5) is 11.9. The molecule has 1 atom stereocenters. The number of hydrogen-bond donors (Lipinski definition) is 0. The van der Waals surface area contributed by atoms with E-state index < -0.39 is 0 Å². The van der Waals surface area contributed by atoms with Gasteiger partial charge in [-0.1, -0.05) is 59.8 Å². The number of ether oxygens (including phenoxy) is 1. The molecule has 0 aromatic rings. The number of hydrogen-bond acceptors (Lipinski definition) is 2. The minimum atomic E-state index is -0.329. The monoisotopic (exact) mass is 284 g/mol. The van der Waals surface area contributed by atoms with E-state index in [2.05, 4.69) is 27.7 Å². The average molecular weight is 284 g/mol. The van der Waals surface area contributed by atoms with Crippen molar-refractivity contribution in [2.45, 2.75) is 98.5 Å². The second kappa shape index (κ2) is 10.2. The van der Waals surface area contributed by atoms with Crippen LogP contribution in [0.25, 0.3) is 0 Å². The molecule has 0 amide bonds. The van der Waals surface area contributed by atoms with Crippen LogP contribution in [0.3, 0.4) is 0 Å². The molecule has 120 valence electrons. The summed E-state index contributed by atoms with van der Waals surface area (Å²) in [6.07, 6.45) is 8.69. The SMILES string of the molecule is CCCCC(C)C(C)(C)OC(=O)CCCCCC(C)C. The first kappa shape index (κ1) is 19.5. The van der Waals surface area contributed by atoms with E-state index in [1.807, 2.05) is 13.8 Å². The van der Waals surface area contributed by atoms with E-state index in [9.17, 15) is 4.79 Å². The predicted molar refractivity (Wildman–Crippen MR) is 86.8 cm³/mol. The van der Waals surface area contributed by atoms with Crippen LogP contribution in [0.1, 0.15) is 92.9 Å². The third kappa shape index (κ3) is 9.39. The Morgan fingerprint density at radius 2 is 1.65 bits per heavy atom. The molecular formula is C18H36O2. The molecule has 0 rings (SSSR count). The summed E-state index contributed by atoms with van der Waals surface area (Å²) in [6.45, 7) is 13.0. The molecule has 0 N–H and O–H groups in total. The summed E-state index contributed by atoms with van der Waals surface area (Å²) in [5, 5.41) is 0. The van der Waals surface area contributed by atoms with E-state index >= 15 is 0 Å². The lowest BCUT2D eigenvalue weighted by atomic mass is 9.88. The highest BCUT2D eigenvalue weighted by molar-refractivity contribution is 5.69. The maximum Gasteiger partial charge on any atom is 0.306 e. The molecule has 0 saturated heterocycles. The maximum absolute atomic E-state index is 11.9. The lowest BCUT2D eigenvalue weighted by Crippen LogP contribution is -2.35. The molecule has 2 nitrogen and oxygen atoms in total. The van der Waals surface area contributed by atoms with Gasteiger partial charge in [0, 0.05) is 6.42 Å². The first-order valence-corrected chi connectivity index (χ1v) is 8.51. The highest BCUT2D eigenvalue weighted by atomic mass is 16.6. The summed E-state index contributed by atoms with van der Waals surface area (Å²) >= 11 is 0. The zero-order valence-corrected chi connectivity index (χ0v) is 14.6. The second-order valence-electron chi connectivity index (χ2n) is 7.11. The third-order valence-corrected chi connectivity index (χ3v) is 4.22. The Kier molecular flexibility index (Phi) is 9.96. The van der Waals surface area contributed by atoms with Crippen LogP contribution in [0, 0.1) is 11.8 Å². The topological polar surface area (TPSA) is 26.3 Å². The first-order valence-electron chi connectivity index (χ1n) is 8.51. The Balaban J connectivity index is 3.87. The molecule has 0 radical (unpaired) electrons. The Morgan fingerprint density at radius 1 is 1.00 bits per heavy atom. The zero-order chi connectivity index (χ0) is 15.6. The van der Waals surface area contributed by atoms with Crippen LogP contribution in [0.15, 0.2) is 0 Å². The smallest absolute Gasteiger partial charge is 0.306 e. The summed E-state index contributed by atoms with van der Waals surface area (Å²) in [6, 6.07) is 0. The van der Waals surface area contributed by atoms with Gasteiger partial charge in [-0.2, -0.15) is 0 Å². The first-order chi connectivity index (χ1) is 9.29. The van der Waals surface area contributed by atoms with Crippen molar-refractivity contribution in [3.63, 3.8) is 0 Å². The van der Waals surface area contributed by atoms with Crippen LogP contribution in [0.4, 0.5) is 0 Å². The minimum absolute atomic E-state index is 0.0251. The molecule has 1 unspecified atom stereocenters. The van der Waals surface area contributed by atoms with Gasteiger partial charge in [-0.3, -0.25) is 4.79 Å². The molecule has 0 aliphatic heterocycles. The van der Waals surface area contributed by atoms with Gasteiger partial charge in [0.2, 0.25) is 0 Å². The fourth-order valence-electron chi connectivity index (χ4n) is 2.30. The molecule has 0 aliphatic rings. The molecule has 0 fully saturated rings. The van der Waals surface area contributed by atoms with Gasteiger partial charge in [0.05, 0.1) is 0 Å². The van der Waals surface area contributed by atoms with Crippen molar-refractivity contribution in [1.29, 1.82) is 0 Å². The molecular weight excluding hydrogens is 248 g/mol. The largest absolute Gasteiger partial charge is 0.459 e. The van der Waals surface area contributed by atoms with E-state index in [1.165, 1.54) is 25.7 Å². The number of unbranched alkanes of at least 4 members (excludes halogenated alkanes) is 3. The quantitative estimate of drug-likeness (QED) is 0.357. The van der Waals surface area contributed by atoms with E-state index in [0.29, 0.717) is 12.3 Å². The number of esters is 1. The fraction of sp³-hybridized carbons (Fsp3) is 0.944. The summed E-state index contributed by atoms with van der Waals surface area (Å²) in [5.41, 5.74) is -0.329. The van der Waals surface area contributed by atoms with Crippen LogP contribution in [-0.4, -0.2) is 11.6 Å². The van der Waals surface area contributed by atoms with Crippen LogP contribution < -0.4 is 0 Å². The van der Waals surface area contributed by atoms with Gasteiger partial charge >= 0.3 is 5.97 Å². The van der Waals surface area contributed by atoms with Gasteiger partial charge in [0.25, 0.3) is 0 Å². The molecule has 0 spiro atoms. The molecule has 0 aliphatic carbocycles. The fourth-order valence-corrected chi connectivity index (χ4v) is 2.30. The van der Waals surface area contributed by atoms with Gasteiger partial charge in [0.1, 0.15) is 5.60 Å². The number of carbonyl (C=O) groups is 1. The summed E-state index contributed by atoms with van der Waals surface area (Å²) in [5.74, 6) is 1.16. The van der Waals surface area contributed by atoms with Crippen molar-refractivity contribution in [3.8, 4) is 0 Å². The standard InChI is InChI=1S/C18H36O2/c1-7-8-13-16(4)18(5,6)20-17(19)14-11-9-10-12-15(2)3/h15-16H,7-14H2,1-6H3. The van der Waals surface area contributed by atoms with Crippen LogP contribution >= 0.6 is 0 Å². The van der Waals surface area contributed by atoms with Crippen LogP contribution in [0.5, 0.6) is 0 Å². The molecule has 0 saturated carbocycles. The lowest BCUT2D eigenvalue weighted by molar-refractivity contribution is -0.161. The Labute approximate surface area is 126 Å². The van der Waals surface area contributed by atoms with Crippen molar-refractivity contribution >= 4 is 5.97 Å². The Morgan fingerprint density at radius 3 is 2.20 bits per heavy atom. The molecule has 0 bridgehead atoms. The van der Waals surface area contributed by atoms with Crippen molar-refractivity contribution in [2.75, 3.05) is 0 Å². The zero-order valence-electron chi connectivity index (χ0n) is 14.6. The van der Waals surface area contributed by atoms with Gasteiger partial charge < -0.3 is 4.74 Å². The van der Waals surface area contributed by atoms with Gasteiger partial charge in [0.15, 0.2) is 0 Å². The van der Waals surface area contributed by atoms with E-state index in [-0.39, 0.29) is 11.6 Å². The van der Waals surface area contributed by atoms with Crippen LogP contribution in [-0.2, 0) is 9.53 Å². The molecule has 0 aromatic heterocycles. The van der Waals surface area contributed by atoms with Crippen LogP contribution in [0.2, 0.25) is 0 Å². The minimum Gasteiger partial charge on any atom is -0.459 e. The normalized spacial score (nSPS) is 13.6. The molecule has 0 aromatic carbocycles. The highest BCUT2D eigenvalue weighted by Gasteiger charge is 2.29. The van der Waals surface area contributed by atoms with E-state index in [4.69, 9.17) is 4.74 Å². The van der Waals surface area contributed by atoms with Crippen molar-refractivity contribution in [3.05, 3.63) is 0 Å². The van der Waals surface area contributed by atoms with E-state index in [1.54, 1.807) is 0 Å². The number of rotatable bonds is 11. The van der Waals surface area contributed by atoms with Crippen molar-refractivity contribution in [1.82, 2.24) is 0 Å². The van der Waals surface area contributed by atoms with Gasteiger partial charge in [-0.05, 0) is 38.5 Å². The molecule has 20 heavy (non-hydrogen) atoms. The van der Waals surface area contributed by atoms with E-state index in [0.717, 1.165) is 25.2 Å². The maximum atomic E-state index is 11.9. The summed E-state index contributed by atoms with van der Waals surface area (Å²) < 4.78 is 5.69. The molecule has 2 heteroatoms. The molecule has 0 heterocycles. The Hall–Kier alpha value is -0.530.